The molecule has 0 aliphatic heterocycles. The molecule has 0 N–H and O–H groups in total. The van der Waals surface area contributed by atoms with Gasteiger partial charge in [-0.15, -0.1) is 0 Å². The molecule has 0 amide bonds. The molecule has 0 aromatic heterocycles. The summed E-state index contributed by atoms with van der Waals surface area (Å²) in [6.45, 7) is 9.47. The van der Waals surface area contributed by atoms with Crippen molar-refractivity contribution in [3.8, 4) is 0 Å². The van der Waals surface area contributed by atoms with Crippen molar-refractivity contribution in [3.63, 3.8) is 0 Å². The SMILES string of the molecule is CCCC(C)[Se][Se]C(C)CCC. The summed E-state index contributed by atoms with van der Waals surface area (Å²) in [6, 6.07) is 0. The van der Waals surface area contributed by atoms with Gasteiger partial charge in [0, 0.05) is 0 Å². The van der Waals surface area contributed by atoms with Gasteiger partial charge in [0.1, 0.15) is 0 Å². The van der Waals surface area contributed by atoms with E-state index in [4.69, 9.17) is 0 Å². The van der Waals surface area contributed by atoms with Crippen molar-refractivity contribution in [3.05, 3.63) is 0 Å². The molecule has 0 saturated carbocycles. The van der Waals surface area contributed by atoms with Gasteiger partial charge < -0.3 is 0 Å². The summed E-state index contributed by atoms with van der Waals surface area (Å²) in [7, 11) is 0. The standard InChI is InChI=1S/C10H22Se2/c1-5-7-9(3)11-12-10(4)8-6-2/h9-10H,5-8H2,1-4H3. The molecule has 12 heavy (non-hydrogen) atoms. The maximum absolute atomic E-state index is 2.43. The van der Waals surface area contributed by atoms with Crippen LogP contribution in [0.5, 0.6) is 0 Å². The fraction of sp³-hybridized carbons (Fsp3) is 1.00. The second-order valence-electron chi connectivity index (χ2n) is 3.39. The molecule has 0 rings (SSSR count). The zero-order valence-corrected chi connectivity index (χ0v) is 12.2. The Bertz CT molecular complexity index is 81.8. The third kappa shape index (κ3) is 7.68. The Balaban J connectivity index is 3.27. The fourth-order valence-corrected chi connectivity index (χ4v) is 9.52. The quantitative estimate of drug-likeness (QED) is 0.631. The van der Waals surface area contributed by atoms with Gasteiger partial charge in [-0.3, -0.25) is 0 Å². The van der Waals surface area contributed by atoms with Crippen LogP contribution in [0.15, 0.2) is 0 Å². The van der Waals surface area contributed by atoms with Crippen molar-refractivity contribution in [1.29, 1.82) is 0 Å². The summed E-state index contributed by atoms with van der Waals surface area (Å²) < 4.78 is 0. The molecular weight excluding hydrogens is 278 g/mol. The Morgan fingerprint density at radius 1 is 0.833 bits per heavy atom. The molecule has 0 aromatic carbocycles. The molecule has 2 unspecified atom stereocenters. The van der Waals surface area contributed by atoms with Crippen LogP contribution in [-0.4, -0.2) is 26.3 Å². The van der Waals surface area contributed by atoms with E-state index in [1.54, 1.807) is 0 Å². The molecule has 0 nitrogen and oxygen atoms in total. The molecule has 0 radical (unpaired) electrons. The third-order valence-corrected chi connectivity index (χ3v) is 12.7. The van der Waals surface area contributed by atoms with Crippen molar-refractivity contribution in [2.24, 2.45) is 0 Å². The average molecular weight is 300 g/mol. The Labute approximate surface area is 89.1 Å². The van der Waals surface area contributed by atoms with E-state index in [0.717, 1.165) is 35.9 Å². The molecule has 0 bridgehead atoms. The summed E-state index contributed by atoms with van der Waals surface area (Å²) in [5, 5.41) is 0. The first-order chi connectivity index (χ1) is 5.70. The van der Waals surface area contributed by atoms with Gasteiger partial charge in [0.2, 0.25) is 0 Å². The Morgan fingerprint density at radius 3 is 1.42 bits per heavy atom. The molecule has 0 spiro atoms. The van der Waals surface area contributed by atoms with Crippen LogP contribution < -0.4 is 0 Å². The molecule has 0 aliphatic carbocycles. The van der Waals surface area contributed by atoms with Crippen LogP contribution in [0.3, 0.4) is 0 Å². The van der Waals surface area contributed by atoms with Crippen LogP contribution in [0, 0.1) is 0 Å². The van der Waals surface area contributed by atoms with E-state index in [9.17, 15) is 0 Å². The van der Waals surface area contributed by atoms with Gasteiger partial charge in [-0.1, -0.05) is 0 Å². The van der Waals surface area contributed by atoms with Gasteiger partial charge >= 0.3 is 89.3 Å². The third-order valence-electron chi connectivity index (χ3n) is 1.77. The molecular formula is C10H22Se2. The first-order valence-corrected chi connectivity index (χ1v) is 11.3. The maximum atomic E-state index is 2.43. The second-order valence-corrected chi connectivity index (χ2v) is 11.8. The monoisotopic (exact) mass is 302 g/mol. The van der Waals surface area contributed by atoms with Gasteiger partial charge in [-0.25, -0.2) is 0 Å². The predicted octanol–water partition coefficient (Wildman–Crippen LogP) is 3.53. The van der Waals surface area contributed by atoms with Gasteiger partial charge in [0.25, 0.3) is 0 Å². The van der Waals surface area contributed by atoms with Gasteiger partial charge in [0.05, 0.1) is 0 Å². The molecule has 0 aromatic rings. The number of hydrogen-bond acceptors (Lipinski definition) is 0. The van der Waals surface area contributed by atoms with E-state index in [0.29, 0.717) is 0 Å². The van der Waals surface area contributed by atoms with E-state index in [1.165, 1.54) is 25.7 Å². The predicted molar refractivity (Wildman–Crippen MR) is 60.2 cm³/mol. The molecule has 2 atom stereocenters. The van der Waals surface area contributed by atoms with Crippen molar-refractivity contribution >= 4 is 26.3 Å². The van der Waals surface area contributed by atoms with Crippen LogP contribution in [0.4, 0.5) is 0 Å². The van der Waals surface area contributed by atoms with Gasteiger partial charge in [0.15, 0.2) is 0 Å². The molecule has 0 aliphatic rings. The zero-order chi connectivity index (χ0) is 9.40. The van der Waals surface area contributed by atoms with Crippen LogP contribution in [0.1, 0.15) is 53.4 Å². The zero-order valence-electron chi connectivity index (χ0n) is 8.80. The number of hydrogen-bond donors (Lipinski definition) is 0. The van der Waals surface area contributed by atoms with E-state index >= 15 is 0 Å². The fourth-order valence-electron chi connectivity index (χ4n) is 1.10. The Kier molecular flexibility index (Phi) is 9.38. The second kappa shape index (κ2) is 8.63. The molecule has 2 heteroatoms. The van der Waals surface area contributed by atoms with E-state index in [-0.39, 0.29) is 0 Å². The first-order valence-electron chi connectivity index (χ1n) is 5.02. The van der Waals surface area contributed by atoms with Crippen molar-refractivity contribution in [2.75, 3.05) is 0 Å². The summed E-state index contributed by atoms with van der Waals surface area (Å²) in [4.78, 5) is 2.09. The molecule has 0 fully saturated rings. The van der Waals surface area contributed by atoms with Crippen molar-refractivity contribution in [1.82, 2.24) is 0 Å². The molecule has 74 valence electrons. The van der Waals surface area contributed by atoms with Crippen LogP contribution in [0.25, 0.3) is 0 Å². The molecule has 0 saturated heterocycles. The van der Waals surface area contributed by atoms with Crippen LogP contribution in [0.2, 0.25) is 9.63 Å². The van der Waals surface area contributed by atoms with Crippen LogP contribution >= 0.6 is 0 Å². The van der Waals surface area contributed by atoms with E-state index in [1.807, 2.05) is 0 Å². The molecule has 0 heterocycles. The normalized spacial score (nSPS) is 16.0. The summed E-state index contributed by atoms with van der Waals surface area (Å²) in [5.41, 5.74) is 0. The van der Waals surface area contributed by atoms with Gasteiger partial charge in [-0.2, -0.15) is 0 Å². The van der Waals surface area contributed by atoms with E-state index in [2.05, 4.69) is 27.7 Å². The number of rotatable bonds is 7. The van der Waals surface area contributed by atoms with Crippen LogP contribution in [-0.2, 0) is 0 Å². The van der Waals surface area contributed by atoms with Crippen molar-refractivity contribution in [2.45, 2.75) is 63.0 Å². The topological polar surface area (TPSA) is 0 Å². The summed E-state index contributed by atoms with van der Waals surface area (Å²) >= 11 is 1.94. The Hall–Kier alpha value is 1.04. The van der Waals surface area contributed by atoms with Crippen molar-refractivity contribution < 1.29 is 0 Å². The minimum absolute atomic E-state index is 0.970. The summed E-state index contributed by atoms with van der Waals surface area (Å²) in [5.74, 6) is 0. The van der Waals surface area contributed by atoms with Gasteiger partial charge in [-0.05, 0) is 0 Å². The first kappa shape index (κ1) is 13.0. The van der Waals surface area contributed by atoms with E-state index < -0.39 is 0 Å². The minimum atomic E-state index is 0.970. The average Bonchev–Trinajstić information content (AvgIpc) is 2.02. The Morgan fingerprint density at radius 2 is 1.17 bits per heavy atom. The summed E-state index contributed by atoms with van der Waals surface area (Å²) in [6.07, 6.45) is 5.67.